The van der Waals surface area contributed by atoms with E-state index in [-0.39, 0.29) is 24.6 Å². The van der Waals surface area contributed by atoms with E-state index in [2.05, 4.69) is 5.32 Å². The Labute approximate surface area is 126 Å². The van der Waals surface area contributed by atoms with Crippen LogP contribution in [0.1, 0.15) is 31.2 Å². The third kappa shape index (κ3) is 4.13. The quantitative estimate of drug-likeness (QED) is 0.802. The molecular formula is C15H17ClF3NO. The number of benzene rings is 1. The summed E-state index contributed by atoms with van der Waals surface area (Å²) in [7, 11) is 0. The van der Waals surface area contributed by atoms with Crippen molar-refractivity contribution in [2.75, 3.05) is 5.32 Å². The van der Waals surface area contributed by atoms with E-state index < -0.39 is 18.0 Å². The highest BCUT2D eigenvalue weighted by Crippen LogP contribution is 2.40. The lowest BCUT2D eigenvalue weighted by Gasteiger charge is -2.29. The molecule has 1 amide bonds. The summed E-state index contributed by atoms with van der Waals surface area (Å²) in [5, 5.41) is 2.71. The molecule has 0 saturated heterocycles. The first-order valence-electron chi connectivity index (χ1n) is 6.93. The largest absolute Gasteiger partial charge is 0.391 e. The fourth-order valence-electron chi connectivity index (χ4n) is 2.72. The van der Waals surface area contributed by atoms with Crippen molar-refractivity contribution < 1.29 is 18.0 Å². The molecule has 1 aliphatic rings. The maximum Gasteiger partial charge on any atom is 0.391 e. The van der Waals surface area contributed by atoms with Crippen LogP contribution in [0, 0.1) is 11.8 Å². The molecule has 2 unspecified atom stereocenters. The molecule has 0 aliphatic heterocycles. The van der Waals surface area contributed by atoms with Gasteiger partial charge in [-0.25, -0.2) is 0 Å². The molecule has 1 aromatic carbocycles. The molecule has 21 heavy (non-hydrogen) atoms. The van der Waals surface area contributed by atoms with E-state index in [0.29, 0.717) is 18.5 Å². The number of alkyl halides is 4. The Morgan fingerprint density at radius 3 is 2.67 bits per heavy atom. The Kier molecular flexibility index (Phi) is 5.14. The molecule has 0 aromatic heterocycles. The maximum absolute atomic E-state index is 12.8. The van der Waals surface area contributed by atoms with Crippen LogP contribution in [0.4, 0.5) is 18.9 Å². The Hall–Kier alpha value is -1.23. The number of hydrogen-bond acceptors (Lipinski definition) is 1. The number of carbonyl (C=O) groups excluding carboxylic acids is 1. The zero-order chi connectivity index (χ0) is 15.5. The minimum Gasteiger partial charge on any atom is -0.326 e. The van der Waals surface area contributed by atoms with E-state index in [1.165, 1.54) is 0 Å². The van der Waals surface area contributed by atoms with Crippen molar-refractivity contribution in [2.45, 2.75) is 37.7 Å². The Morgan fingerprint density at radius 2 is 2.00 bits per heavy atom. The van der Waals surface area contributed by atoms with Gasteiger partial charge in [-0.05, 0) is 30.9 Å². The summed E-state index contributed by atoms with van der Waals surface area (Å²) in [6.45, 7) is 0. The summed E-state index contributed by atoms with van der Waals surface area (Å²) in [6.07, 6.45) is -3.29. The monoisotopic (exact) mass is 319 g/mol. The average Bonchev–Trinajstić information content (AvgIpc) is 2.47. The first-order valence-corrected chi connectivity index (χ1v) is 7.46. The molecule has 116 valence electrons. The van der Waals surface area contributed by atoms with E-state index in [0.717, 1.165) is 5.56 Å². The number of hydrogen-bond donors (Lipinski definition) is 1. The van der Waals surface area contributed by atoms with Gasteiger partial charge in [-0.3, -0.25) is 4.79 Å². The van der Waals surface area contributed by atoms with Crippen LogP contribution in [0.15, 0.2) is 24.3 Å². The van der Waals surface area contributed by atoms with E-state index in [4.69, 9.17) is 11.6 Å². The molecule has 0 heterocycles. The van der Waals surface area contributed by atoms with Gasteiger partial charge in [0.1, 0.15) is 0 Å². The normalized spacial score (nSPS) is 22.9. The van der Waals surface area contributed by atoms with E-state index >= 15 is 0 Å². The van der Waals surface area contributed by atoms with Crippen molar-refractivity contribution in [1.82, 2.24) is 0 Å². The van der Waals surface area contributed by atoms with Crippen LogP contribution in [-0.4, -0.2) is 12.1 Å². The zero-order valence-corrected chi connectivity index (χ0v) is 12.2. The predicted molar refractivity (Wildman–Crippen MR) is 76.1 cm³/mol. The van der Waals surface area contributed by atoms with Crippen LogP contribution in [0.25, 0.3) is 0 Å². The van der Waals surface area contributed by atoms with Crippen LogP contribution in [-0.2, 0) is 10.7 Å². The van der Waals surface area contributed by atoms with E-state index in [9.17, 15) is 18.0 Å². The second kappa shape index (κ2) is 6.69. The molecule has 2 rings (SSSR count). The molecule has 1 saturated carbocycles. The second-order valence-electron chi connectivity index (χ2n) is 5.38. The summed E-state index contributed by atoms with van der Waals surface area (Å²) in [5.41, 5.74) is 1.34. The molecule has 1 aliphatic carbocycles. The molecule has 2 atom stereocenters. The Balaban J connectivity index is 2.03. The van der Waals surface area contributed by atoms with Crippen molar-refractivity contribution in [3.8, 4) is 0 Å². The summed E-state index contributed by atoms with van der Waals surface area (Å²) in [5.74, 6) is -2.06. The van der Waals surface area contributed by atoms with Crippen LogP contribution >= 0.6 is 11.6 Å². The van der Waals surface area contributed by atoms with Crippen molar-refractivity contribution in [3.63, 3.8) is 0 Å². The summed E-state index contributed by atoms with van der Waals surface area (Å²) in [6, 6.07) is 7.04. The van der Waals surface area contributed by atoms with Gasteiger partial charge in [0, 0.05) is 17.5 Å². The molecule has 1 fully saturated rings. The highest BCUT2D eigenvalue weighted by molar-refractivity contribution is 6.17. The molecule has 2 nitrogen and oxygen atoms in total. The van der Waals surface area contributed by atoms with Gasteiger partial charge in [-0.1, -0.05) is 24.6 Å². The lowest BCUT2D eigenvalue weighted by molar-refractivity contribution is -0.185. The Morgan fingerprint density at radius 1 is 1.29 bits per heavy atom. The van der Waals surface area contributed by atoms with Crippen molar-refractivity contribution in [1.29, 1.82) is 0 Å². The minimum atomic E-state index is -4.22. The zero-order valence-electron chi connectivity index (χ0n) is 11.4. The summed E-state index contributed by atoms with van der Waals surface area (Å²) in [4.78, 5) is 12.2. The highest BCUT2D eigenvalue weighted by Gasteiger charge is 2.43. The van der Waals surface area contributed by atoms with Crippen molar-refractivity contribution >= 4 is 23.2 Å². The minimum absolute atomic E-state index is 0.117. The summed E-state index contributed by atoms with van der Waals surface area (Å²) < 4.78 is 38.3. The highest BCUT2D eigenvalue weighted by atomic mass is 35.5. The average molecular weight is 320 g/mol. The molecule has 0 radical (unpaired) electrons. The van der Waals surface area contributed by atoms with Gasteiger partial charge in [0.05, 0.1) is 5.92 Å². The molecular weight excluding hydrogens is 303 g/mol. The number of anilines is 1. The van der Waals surface area contributed by atoms with Gasteiger partial charge < -0.3 is 5.32 Å². The van der Waals surface area contributed by atoms with Gasteiger partial charge in [-0.2, -0.15) is 13.2 Å². The fourth-order valence-corrected chi connectivity index (χ4v) is 2.95. The number of carbonyl (C=O) groups is 1. The van der Waals surface area contributed by atoms with Gasteiger partial charge in [0.2, 0.25) is 5.91 Å². The number of halogens is 4. The Bertz CT molecular complexity index is 504. The van der Waals surface area contributed by atoms with Gasteiger partial charge >= 0.3 is 6.18 Å². The third-order valence-corrected chi connectivity index (χ3v) is 4.22. The van der Waals surface area contributed by atoms with Gasteiger partial charge in [0.15, 0.2) is 0 Å². The second-order valence-corrected chi connectivity index (χ2v) is 5.65. The standard InChI is InChI=1S/C15H17ClF3NO/c16-9-11-4-1-2-7-13(11)20-14(21)10-5-3-6-12(8-10)15(17,18)19/h1-2,4,7,10,12H,3,5-6,8-9H2,(H,20,21). The molecule has 6 heteroatoms. The first-order chi connectivity index (χ1) is 9.91. The third-order valence-electron chi connectivity index (χ3n) is 3.93. The lowest BCUT2D eigenvalue weighted by Crippen LogP contribution is -2.34. The maximum atomic E-state index is 12.8. The van der Waals surface area contributed by atoms with Crippen LogP contribution in [0.5, 0.6) is 0 Å². The number of para-hydroxylation sites is 1. The predicted octanol–water partition coefficient (Wildman–Crippen LogP) is 4.73. The van der Waals surface area contributed by atoms with Crippen molar-refractivity contribution in [2.24, 2.45) is 11.8 Å². The van der Waals surface area contributed by atoms with Gasteiger partial charge in [-0.15, -0.1) is 11.6 Å². The van der Waals surface area contributed by atoms with Crippen LogP contribution < -0.4 is 5.32 Å². The number of amides is 1. The molecule has 0 bridgehead atoms. The number of rotatable bonds is 3. The smallest absolute Gasteiger partial charge is 0.326 e. The van der Waals surface area contributed by atoms with Crippen LogP contribution in [0.2, 0.25) is 0 Å². The number of nitrogens with one attached hydrogen (secondary N) is 1. The van der Waals surface area contributed by atoms with Gasteiger partial charge in [0.25, 0.3) is 0 Å². The van der Waals surface area contributed by atoms with E-state index in [1.54, 1.807) is 24.3 Å². The van der Waals surface area contributed by atoms with Crippen LogP contribution in [0.3, 0.4) is 0 Å². The lowest BCUT2D eigenvalue weighted by atomic mass is 9.80. The summed E-state index contributed by atoms with van der Waals surface area (Å²) >= 11 is 5.78. The molecule has 1 aromatic rings. The van der Waals surface area contributed by atoms with Crippen molar-refractivity contribution in [3.05, 3.63) is 29.8 Å². The SMILES string of the molecule is O=C(Nc1ccccc1CCl)C1CCCC(C(F)(F)F)C1. The first kappa shape index (κ1) is 16.1. The molecule has 1 N–H and O–H groups in total. The topological polar surface area (TPSA) is 29.1 Å². The molecule has 0 spiro atoms. The fraction of sp³-hybridized carbons (Fsp3) is 0.533. The van der Waals surface area contributed by atoms with E-state index in [1.807, 2.05) is 0 Å².